The maximum atomic E-state index is 12.9. The molecule has 5 rings (SSSR count). The SMILES string of the molecule is Cc1nc(-c2ccc3c(c2)CCN3C(=O)CSc2ccc(C(=O)N3CCCC3)cn2)cs1. The Balaban J connectivity index is 1.20. The topological polar surface area (TPSA) is 66.4 Å². The minimum Gasteiger partial charge on any atom is -0.339 e. The Morgan fingerprint density at radius 1 is 1.12 bits per heavy atom. The molecule has 2 aromatic heterocycles. The summed E-state index contributed by atoms with van der Waals surface area (Å²) in [7, 11) is 0. The van der Waals surface area contributed by atoms with Crippen LogP contribution in [0.2, 0.25) is 0 Å². The fourth-order valence-electron chi connectivity index (χ4n) is 4.22. The van der Waals surface area contributed by atoms with Crippen LogP contribution in [0.25, 0.3) is 11.3 Å². The van der Waals surface area contributed by atoms with Gasteiger partial charge in [-0.15, -0.1) is 11.3 Å². The molecule has 0 radical (unpaired) electrons. The van der Waals surface area contributed by atoms with Crippen LogP contribution in [0, 0.1) is 6.92 Å². The average Bonchev–Trinajstić information content (AvgIpc) is 3.57. The smallest absolute Gasteiger partial charge is 0.255 e. The Bertz CT molecular complexity index is 1150. The van der Waals surface area contributed by atoms with Crippen molar-refractivity contribution in [3.8, 4) is 11.3 Å². The van der Waals surface area contributed by atoms with E-state index < -0.39 is 0 Å². The summed E-state index contributed by atoms with van der Waals surface area (Å²) >= 11 is 3.06. The Morgan fingerprint density at radius 3 is 2.69 bits per heavy atom. The van der Waals surface area contributed by atoms with Crippen molar-refractivity contribution in [2.45, 2.75) is 31.2 Å². The van der Waals surface area contributed by atoms with Gasteiger partial charge in [-0.25, -0.2) is 9.97 Å². The Kier molecular flexibility index (Phi) is 5.97. The number of nitrogens with zero attached hydrogens (tertiary/aromatic N) is 4. The summed E-state index contributed by atoms with van der Waals surface area (Å²) in [6.07, 6.45) is 4.62. The van der Waals surface area contributed by atoms with E-state index in [-0.39, 0.29) is 11.8 Å². The number of likely N-dealkylation sites (tertiary alicyclic amines) is 1. The lowest BCUT2D eigenvalue weighted by Crippen LogP contribution is -2.30. The summed E-state index contributed by atoms with van der Waals surface area (Å²) in [6.45, 7) is 4.36. The lowest BCUT2D eigenvalue weighted by molar-refractivity contribution is -0.116. The number of thiazole rings is 1. The van der Waals surface area contributed by atoms with Gasteiger partial charge >= 0.3 is 0 Å². The number of carbonyl (C=O) groups is 2. The van der Waals surface area contributed by atoms with Gasteiger partial charge in [0.2, 0.25) is 5.91 Å². The standard InChI is InChI=1S/C24H24N4O2S2/c1-16-26-20(14-31-16)17-4-6-21-18(12-17)8-11-28(21)23(29)15-32-22-7-5-19(13-25-22)24(30)27-9-2-3-10-27/h4-7,12-14H,2-3,8-11,15H2,1H3. The molecule has 2 amide bonds. The van der Waals surface area contributed by atoms with Crippen molar-refractivity contribution in [2.24, 2.45) is 0 Å². The Labute approximate surface area is 195 Å². The third-order valence-corrected chi connectivity index (χ3v) is 7.61. The van der Waals surface area contributed by atoms with Crippen molar-refractivity contribution in [3.05, 3.63) is 58.0 Å². The number of thioether (sulfide) groups is 1. The monoisotopic (exact) mass is 464 g/mol. The van der Waals surface area contributed by atoms with Gasteiger partial charge in [-0.2, -0.15) is 0 Å². The molecule has 0 saturated carbocycles. The van der Waals surface area contributed by atoms with Gasteiger partial charge in [-0.05, 0) is 56.0 Å². The first kappa shape index (κ1) is 21.2. The highest BCUT2D eigenvalue weighted by atomic mass is 32.2. The molecule has 6 nitrogen and oxygen atoms in total. The van der Waals surface area contributed by atoms with Crippen molar-refractivity contribution in [2.75, 3.05) is 30.3 Å². The second-order valence-electron chi connectivity index (χ2n) is 8.06. The summed E-state index contributed by atoms with van der Waals surface area (Å²) < 4.78 is 0. The number of benzene rings is 1. The molecule has 3 aromatic rings. The number of fused-ring (bicyclic) bond motifs is 1. The fourth-order valence-corrected chi connectivity index (χ4v) is 5.57. The lowest BCUT2D eigenvalue weighted by Gasteiger charge is -2.17. The van der Waals surface area contributed by atoms with Crippen LogP contribution in [0.15, 0.2) is 46.9 Å². The third-order valence-electron chi connectivity index (χ3n) is 5.91. The lowest BCUT2D eigenvalue weighted by atomic mass is 10.1. The third kappa shape index (κ3) is 4.29. The normalized spacial score (nSPS) is 15.3. The van der Waals surface area contributed by atoms with Gasteiger partial charge in [0.1, 0.15) is 0 Å². The largest absolute Gasteiger partial charge is 0.339 e. The van der Waals surface area contributed by atoms with E-state index in [1.165, 1.54) is 17.3 Å². The summed E-state index contributed by atoms with van der Waals surface area (Å²) in [6, 6.07) is 9.88. The van der Waals surface area contributed by atoms with E-state index in [4.69, 9.17) is 0 Å². The van der Waals surface area contributed by atoms with Crippen LogP contribution in [0.4, 0.5) is 5.69 Å². The number of rotatable bonds is 5. The van der Waals surface area contributed by atoms with Crippen molar-refractivity contribution >= 4 is 40.6 Å². The molecule has 0 atom stereocenters. The second kappa shape index (κ2) is 9.03. The fraction of sp³-hybridized carbons (Fsp3) is 0.333. The van der Waals surface area contributed by atoms with Crippen molar-refractivity contribution in [1.82, 2.24) is 14.9 Å². The minimum atomic E-state index is 0.0449. The molecule has 1 aromatic carbocycles. The summed E-state index contributed by atoms with van der Waals surface area (Å²) in [5.74, 6) is 0.437. The van der Waals surface area contributed by atoms with E-state index in [1.807, 2.05) is 41.0 Å². The van der Waals surface area contributed by atoms with E-state index in [9.17, 15) is 9.59 Å². The van der Waals surface area contributed by atoms with Gasteiger partial charge in [-0.1, -0.05) is 17.8 Å². The van der Waals surface area contributed by atoms with Crippen LogP contribution >= 0.6 is 23.1 Å². The molecule has 0 unspecified atom stereocenters. The molecule has 4 heterocycles. The van der Waals surface area contributed by atoms with Crippen LogP contribution < -0.4 is 4.90 Å². The molecule has 0 spiro atoms. The van der Waals surface area contributed by atoms with Gasteiger partial charge in [0, 0.05) is 42.5 Å². The highest BCUT2D eigenvalue weighted by molar-refractivity contribution is 7.99. The summed E-state index contributed by atoms with van der Waals surface area (Å²) in [4.78, 5) is 38.0. The number of hydrogen-bond donors (Lipinski definition) is 0. The first-order valence-corrected chi connectivity index (χ1v) is 12.7. The van der Waals surface area contributed by atoms with E-state index in [1.54, 1.807) is 17.5 Å². The number of aryl methyl sites for hydroxylation is 1. The zero-order chi connectivity index (χ0) is 22.1. The van der Waals surface area contributed by atoms with Crippen LogP contribution in [0.3, 0.4) is 0 Å². The molecule has 0 aliphatic carbocycles. The van der Waals surface area contributed by atoms with Crippen LogP contribution in [0.1, 0.15) is 33.8 Å². The molecule has 0 N–H and O–H groups in total. The predicted molar refractivity (Wildman–Crippen MR) is 128 cm³/mol. The van der Waals surface area contributed by atoms with Crippen LogP contribution in [-0.2, 0) is 11.2 Å². The molecule has 32 heavy (non-hydrogen) atoms. The molecule has 0 bridgehead atoms. The first-order chi connectivity index (χ1) is 15.6. The zero-order valence-corrected chi connectivity index (χ0v) is 19.5. The molecule has 8 heteroatoms. The van der Waals surface area contributed by atoms with Crippen molar-refractivity contribution in [1.29, 1.82) is 0 Å². The zero-order valence-electron chi connectivity index (χ0n) is 17.9. The predicted octanol–water partition coefficient (Wildman–Crippen LogP) is 4.43. The number of anilines is 1. The van der Waals surface area contributed by atoms with Crippen molar-refractivity contribution in [3.63, 3.8) is 0 Å². The van der Waals surface area contributed by atoms with Gasteiger partial charge < -0.3 is 9.80 Å². The second-order valence-corrected chi connectivity index (χ2v) is 10.1. The van der Waals surface area contributed by atoms with E-state index >= 15 is 0 Å². The minimum absolute atomic E-state index is 0.0449. The van der Waals surface area contributed by atoms with E-state index in [0.717, 1.165) is 59.3 Å². The number of pyridine rings is 1. The van der Waals surface area contributed by atoms with Gasteiger partial charge in [0.05, 0.1) is 27.0 Å². The Hall–Kier alpha value is -2.71. The van der Waals surface area contributed by atoms with E-state index in [0.29, 0.717) is 17.9 Å². The number of aromatic nitrogens is 2. The van der Waals surface area contributed by atoms with Crippen molar-refractivity contribution < 1.29 is 9.59 Å². The number of amides is 2. The van der Waals surface area contributed by atoms with Crippen LogP contribution in [0.5, 0.6) is 0 Å². The highest BCUT2D eigenvalue weighted by Crippen LogP contribution is 2.33. The van der Waals surface area contributed by atoms with Gasteiger partial charge in [0.15, 0.2) is 0 Å². The molecule has 2 aliphatic rings. The van der Waals surface area contributed by atoms with Gasteiger partial charge in [0.25, 0.3) is 5.91 Å². The van der Waals surface area contributed by atoms with Crippen LogP contribution in [-0.4, -0.2) is 52.1 Å². The molecular weight excluding hydrogens is 440 g/mol. The molecule has 1 saturated heterocycles. The number of carbonyl (C=O) groups excluding carboxylic acids is 2. The molecular formula is C24H24N4O2S2. The maximum absolute atomic E-state index is 12.9. The number of hydrogen-bond acceptors (Lipinski definition) is 6. The highest BCUT2D eigenvalue weighted by Gasteiger charge is 2.25. The van der Waals surface area contributed by atoms with E-state index in [2.05, 4.69) is 21.4 Å². The average molecular weight is 465 g/mol. The quantitative estimate of drug-likeness (QED) is 0.523. The first-order valence-electron chi connectivity index (χ1n) is 10.8. The molecule has 164 valence electrons. The summed E-state index contributed by atoms with van der Waals surface area (Å²) in [5.41, 5.74) is 4.89. The molecule has 2 aliphatic heterocycles. The Morgan fingerprint density at radius 2 is 1.97 bits per heavy atom. The molecule has 1 fully saturated rings. The maximum Gasteiger partial charge on any atom is 0.255 e. The van der Waals surface area contributed by atoms with Gasteiger partial charge in [-0.3, -0.25) is 9.59 Å². The summed E-state index contributed by atoms with van der Waals surface area (Å²) in [5, 5.41) is 3.88.